The maximum Gasteiger partial charge on any atom is 0.180 e. The molecule has 0 aromatic heterocycles. The van der Waals surface area contributed by atoms with Gasteiger partial charge in [0.15, 0.2) is 15.9 Å². The zero-order valence-electron chi connectivity index (χ0n) is 19.3. The van der Waals surface area contributed by atoms with Crippen LogP contribution in [0.3, 0.4) is 0 Å². The maximum absolute atomic E-state index is 14.2. The summed E-state index contributed by atoms with van der Waals surface area (Å²) in [5.74, 6) is 0. The van der Waals surface area contributed by atoms with Gasteiger partial charge in [0.2, 0.25) is 0 Å². The molecule has 3 aliphatic heterocycles. The third-order valence-electron chi connectivity index (χ3n) is 7.11. The minimum absolute atomic E-state index is 0.491. The van der Waals surface area contributed by atoms with E-state index in [0.29, 0.717) is 5.71 Å². The predicted molar refractivity (Wildman–Crippen MR) is 132 cm³/mol. The van der Waals surface area contributed by atoms with E-state index in [2.05, 4.69) is 17.3 Å². The van der Waals surface area contributed by atoms with E-state index in [-0.39, 0.29) is 0 Å². The topological polar surface area (TPSA) is 68.2 Å². The number of anilines is 1. The second-order valence-electron chi connectivity index (χ2n) is 9.38. The van der Waals surface area contributed by atoms with Gasteiger partial charge in [-0.2, -0.15) is 0 Å². The fourth-order valence-electron chi connectivity index (χ4n) is 5.85. The molecule has 3 aromatic carbocycles. The van der Waals surface area contributed by atoms with Crippen LogP contribution in [0.4, 0.5) is 5.69 Å². The lowest BCUT2D eigenvalue weighted by Crippen LogP contribution is -2.39. The number of hydrogen-bond donors (Lipinski definition) is 0. The molecule has 5 atom stereocenters. The molecule has 0 unspecified atom stereocenters. The number of nitrogens with zero attached hydrogens (tertiary/aromatic N) is 2. The van der Waals surface area contributed by atoms with Crippen molar-refractivity contribution in [3.8, 4) is 0 Å². The Morgan fingerprint density at radius 1 is 0.853 bits per heavy atom. The van der Waals surface area contributed by atoms with Crippen molar-refractivity contribution in [1.29, 1.82) is 0 Å². The molecule has 0 amide bonds. The zero-order valence-corrected chi connectivity index (χ0v) is 20.1. The minimum Gasteiger partial charge on any atom is -0.387 e. The highest BCUT2D eigenvalue weighted by molar-refractivity contribution is 7.94. The van der Waals surface area contributed by atoms with Crippen molar-refractivity contribution in [2.24, 2.45) is 5.16 Å². The van der Waals surface area contributed by atoms with Gasteiger partial charge in [0.25, 0.3) is 0 Å². The lowest BCUT2D eigenvalue weighted by molar-refractivity contribution is -0.0310. The molecule has 0 bridgehead atoms. The van der Waals surface area contributed by atoms with Crippen molar-refractivity contribution in [1.82, 2.24) is 0 Å². The number of hydroxylamine groups is 1. The van der Waals surface area contributed by atoms with Gasteiger partial charge >= 0.3 is 0 Å². The lowest BCUT2D eigenvalue weighted by Gasteiger charge is -2.28. The van der Waals surface area contributed by atoms with Crippen molar-refractivity contribution in [3.63, 3.8) is 0 Å². The molecule has 3 aliphatic rings. The molecule has 3 aromatic rings. The smallest absolute Gasteiger partial charge is 0.180 e. The number of sulfone groups is 1. The summed E-state index contributed by atoms with van der Waals surface area (Å²) in [6, 6.07) is 22.9. The number of oxime groups is 1. The Morgan fingerprint density at radius 3 is 2.12 bits per heavy atom. The number of para-hydroxylation sites is 1. The Morgan fingerprint density at radius 2 is 1.47 bits per heavy atom. The van der Waals surface area contributed by atoms with Gasteiger partial charge in [0, 0.05) is 5.56 Å². The first-order valence-electron chi connectivity index (χ1n) is 11.5. The van der Waals surface area contributed by atoms with E-state index in [4.69, 9.17) is 9.68 Å². The molecule has 2 saturated heterocycles. The second kappa shape index (κ2) is 7.68. The third kappa shape index (κ3) is 3.03. The molecule has 0 aliphatic carbocycles. The van der Waals surface area contributed by atoms with E-state index in [1.165, 1.54) is 0 Å². The van der Waals surface area contributed by atoms with Crippen molar-refractivity contribution in [2.75, 3.05) is 5.06 Å². The van der Waals surface area contributed by atoms with Crippen LogP contribution in [-0.2, 0) is 19.5 Å². The molecule has 0 N–H and O–H groups in total. The van der Waals surface area contributed by atoms with E-state index in [9.17, 15) is 8.42 Å². The fourth-order valence-corrected chi connectivity index (χ4v) is 8.45. The van der Waals surface area contributed by atoms with Gasteiger partial charge in [-0.15, -0.1) is 0 Å². The normalized spacial score (nSPS) is 28.9. The summed E-state index contributed by atoms with van der Waals surface area (Å²) in [6.45, 7) is 6.02. The SMILES string of the molecule is Cc1cc(C)c(C2=NO[C@H]3[C@@H]4ON(c5ccccc5)[C@@H](c5ccccc5)[C@@H]4S(=O)(=O)[C@@H]23)c(C)c1. The Labute approximate surface area is 199 Å². The van der Waals surface area contributed by atoms with E-state index >= 15 is 0 Å². The first-order valence-corrected chi connectivity index (χ1v) is 13.1. The number of hydrogen-bond acceptors (Lipinski definition) is 6. The molecule has 2 fully saturated rings. The van der Waals surface area contributed by atoms with Crippen LogP contribution in [0.1, 0.15) is 33.9 Å². The molecule has 0 radical (unpaired) electrons. The van der Waals surface area contributed by atoms with E-state index in [1.807, 2.05) is 81.4 Å². The van der Waals surface area contributed by atoms with E-state index in [1.54, 1.807) is 5.06 Å². The average Bonchev–Trinajstić information content (AvgIpc) is 3.47. The van der Waals surface area contributed by atoms with Crippen LogP contribution in [0.5, 0.6) is 0 Å². The van der Waals surface area contributed by atoms with Gasteiger partial charge in [-0.3, -0.25) is 4.84 Å². The molecule has 6 nitrogen and oxygen atoms in total. The molecule has 3 heterocycles. The first-order chi connectivity index (χ1) is 16.4. The van der Waals surface area contributed by atoms with Gasteiger partial charge in [-0.05, 0) is 49.6 Å². The summed E-state index contributed by atoms with van der Waals surface area (Å²) in [7, 11) is -3.70. The monoisotopic (exact) mass is 474 g/mol. The molecule has 6 rings (SSSR count). The molecular formula is C27H26N2O4S. The van der Waals surface area contributed by atoms with Gasteiger partial charge in [0.05, 0.1) is 5.69 Å². The summed E-state index contributed by atoms with van der Waals surface area (Å²) in [5, 5.41) is 4.44. The van der Waals surface area contributed by atoms with Crippen LogP contribution in [0.15, 0.2) is 78.0 Å². The molecule has 34 heavy (non-hydrogen) atoms. The highest BCUT2D eigenvalue weighted by Gasteiger charge is 2.69. The molecular weight excluding hydrogens is 448 g/mol. The van der Waals surface area contributed by atoms with Crippen molar-refractivity contribution >= 4 is 21.2 Å². The quantitative estimate of drug-likeness (QED) is 0.561. The highest BCUT2D eigenvalue weighted by atomic mass is 32.2. The van der Waals surface area contributed by atoms with Gasteiger partial charge in [0.1, 0.15) is 28.4 Å². The molecule has 0 spiro atoms. The van der Waals surface area contributed by atoms with Gasteiger partial charge in [-0.1, -0.05) is 71.4 Å². The summed E-state index contributed by atoms with van der Waals surface area (Å²) in [4.78, 5) is 12.3. The van der Waals surface area contributed by atoms with Crippen LogP contribution < -0.4 is 5.06 Å². The standard InChI is InChI=1S/C27H26N2O4S/c1-16-14-17(2)21(18(3)15-16)22-26-24(32-28-22)25-27(34(26,30)31)23(19-10-6-4-7-11-19)29(33-25)20-12-8-5-9-13-20/h4-15,23-27H,1-3H3/t23-,24-,25-,26-,27-/m0/s1. The van der Waals surface area contributed by atoms with Gasteiger partial charge in [-0.25, -0.2) is 13.5 Å². The summed E-state index contributed by atoms with van der Waals surface area (Å²) >= 11 is 0. The minimum atomic E-state index is -3.70. The summed E-state index contributed by atoms with van der Waals surface area (Å²) in [5.41, 5.74) is 6.18. The molecule has 7 heteroatoms. The summed E-state index contributed by atoms with van der Waals surface area (Å²) < 4.78 is 28.4. The summed E-state index contributed by atoms with van der Waals surface area (Å²) in [6.07, 6.45) is -1.35. The van der Waals surface area contributed by atoms with Crippen molar-refractivity contribution in [2.45, 2.75) is 49.5 Å². The van der Waals surface area contributed by atoms with Crippen LogP contribution in [0.2, 0.25) is 0 Å². The van der Waals surface area contributed by atoms with Crippen LogP contribution in [-0.4, -0.2) is 36.8 Å². The van der Waals surface area contributed by atoms with E-state index in [0.717, 1.165) is 33.5 Å². The third-order valence-corrected chi connectivity index (χ3v) is 9.59. The van der Waals surface area contributed by atoms with Crippen LogP contribution >= 0.6 is 0 Å². The van der Waals surface area contributed by atoms with Crippen LogP contribution in [0, 0.1) is 20.8 Å². The Bertz CT molecular complexity index is 1370. The Hall–Kier alpha value is -3.16. The van der Waals surface area contributed by atoms with Gasteiger partial charge < -0.3 is 4.84 Å². The largest absolute Gasteiger partial charge is 0.387 e. The lowest BCUT2D eigenvalue weighted by atomic mass is 9.91. The highest BCUT2D eigenvalue weighted by Crippen LogP contribution is 2.51. The molecule has 0 saturated carbocycles. The zero-order chi connectivity index (χ0) is 23.6. The maximum atomic E-state index is 14.2. The Kier molecular flexibility index (Phi) is 4.83. The number of rotatable bonds is 3. The number of fused-ring (bicyclic) bond motifs is 3. The number of benzene rings is 3. The number of aryl methyl sites for hydroxylation is 3. The van der Waals surface area contributed by atoms with Crippen molar-refractivity contribution < 1.29 is 18.1 Å². The van der Waals surface area contributed by atoms with E-state index < -0.39 is 38.6 Å². The Balaban J connectivity index is 1.46. The second-order valence-corrected chi connectivity index (χ2v) is 11.6. The molecule has 174 valence electrons. The first kappa shape index (κ1) is 21.4. The fraction of sp³-hybridized carbons (Fsp3) is 0.296. The predicted octanol–water partition coefficient (Wildman–Crippen LogP) is 4.44. The average molecular weight is 475 g/mol. The van der Waals surface area contributed by atoms with Crippen molar-refractivity contribution in [3.05, 3.63) is 101 Å². The van der Waals surface area contributed by atoms with Crippen LogP contribution in [0.25, 0.3) is 0 Å².